The molecular weight excluding hydrogens is 351 g/mol. The van der Waals surface area contributed by atoms with Gasteiger partial charge < -0.3 is 5.73 Å². The van der Waals surface area contributed by atoms with Gasteiger partial charge in [-0.3, -0.25) is 0 Å². The summed E-state index contributed by atoms with van der Waals surface area (Å²) in [6.07, 6.45) is -1.83. The molecule has 25 heavy (non-hydrogen) atoms. The number of rotatable bonds is 2. The van der Waals surface area contributed by atoms with Crippen molar-refractivity contribution in [3.63, 3.8) is 0 Å². The van der Waals surface area contributed by atoms with E-state index in [1.165, 1.54) is 23.7 Å². The minimum Gasteiger partial charge on any atom is -0.383 e. The van der Waals surface area contributed by atoms with E-state index in [0.29, 0.717) is 4.88 Å². The van der Waals surface area contributed by atoms with Crippen molar-refractivity contribution in [2.24, 2.45) is 0 Å². The van der Waals surface area contributed by atoms with Gasteiger partial charge >= 0.3 is 6.18 Å². The summed E-state index contributed by atoms with van der Waals surface area (Å²) in [6, 6.07) is 10.6. The minimum atomic E-state index is -4.65. The molecule has 0 aliphatic carbocycles. The van der Waals surface area contributed by atoms with Crippen molar-refractivity contribution in [1.82, 2.24) is 19.7 Å². The first-order chi connectivity index (χ1) is 11.9. The molecule has 0 atom stereocenters. The van der Waals surface area contributed by atoms with Crippen molar-refractivity contribution in [2.75, 3.05) is 5.73 Å². The highest BCUT2D eigenvalue weighted by molar-refractivity contribution is 7.22. The second-order valence-electron chi connectivity index (χ2n) is 5.22. The fraction of sp³-hybridized carbons (Fsp3) is 0.0625. The van der Waals surface area contributed by atoms with Crippen LogP contribution in [0.1, 0.15) is 5.69 Å². The lowest BCUT2D eigenvalue weighted by Gasteiger charge is -2.04. The van der Waals surface area contributed by atoms with Crippen LogP contribution in [0.2, 0.25) is 0 Å². The third-order valence-corrected chi connectivity index (χ3v) is 4.74. The highest BCUT2D eigenvalue weighted by atomic mass is 32.1. The molecule has 4 aromatic rings. The van der Waals surface area contributed by atoms with Gasteiger partial charge in [-0.15, -0.1) is 11.3 Å². The van der Waals surface area contributed by atoms with Crippen LogP contribution < -0.4 is 5.73 Å². The molecule has 0 saturated heterocycles. The van der Waals surface area contributed by atoms with Crippen LogP contribution in [0.4, 0.5) is 19.0 Å². The normalized spacial score (nSPS) is 12.0. The molecule has 3 heterocycles. The molecule has 0 saturated carbocycles. The zero-order chi connectivity index (χ0) is 17.6. The Bertz CT molecular complexity index is 1020. The lowest BCUT2D eigenvalue weighted by atomic mass is 10.1. The number of nitrogens with two attached hydrogens (primary N) is 1. The summed E-state index contributed by atoms with van der Waals surface area (Å²) in [6.45, 7) is 0. The Morgan fingerprint density at radius 1 is 1.04 bits per heavy atom. The maximum absolute atomic E-state index is 13.5. The van der Waals surface area contributed by atoms with Crippen LogP contribution in [0.5, 0.6) is 0 Å². The average molecular weight is 361 g/mol. The van der Waals surface area contributed by atoms with E-state index >= 15 is 0 Å². The van der Waals surface area contributed by atoms with E-state index in [-0.39, 0.29) is 17.3 Å². The highest BCUT2D eigenvalue weighted by Gasteiger charge is 2.40. The van der Waals surface area contributed by atoms with Crippen molar-refractivity contribution in [3.05, 3.63) is 54.5 Å². The van der Waals surface area contributed by atoms with Crippen LogP contribution in [0.25, 0.3) is 26.5 Å². The highest BCUT2D eigenvalue weighted by Crippen LogP contribution is 2.44. The van der Waals surface area contributed by atoms with Crippen LogP contribution >= 0.6 is 11.3 Å². The number of hydrogen-bond donors (Lipinski definition) is 1. The Labute approximate surface area is 143 Å². The van der Waals surface area contributed by atoms with Gasteiger partial charge in [0.05, 0.1) is 5.56 Å². The summed E-state index contributed by atoms with van der Waals surface area (Å²) in [5, 5.41) is 4.49. The predicted molar refractivity (Wildman–Crippen MR) is 89.4 cm³/mol. The van der Waals surface area contributed by atoms with E-state index in [9.17, 15) is 13.2 Å². The van der Waals surface area contributed by atoms with Crippen molar-refractivity contribution in [1.29, 1.82) is 0 Å². The van der Waals surface area contributed by atoms with Crippen LogP contribution in [-0.4, -0.2) is 19.7 Å². The molecule has 0 aliphatic heterocycles. The molecule has 2 N–H and O–H groups in total. The molecule has 5 nitrogen and oxygen atoms in total. The van der Waals surface area contributed by atoms with Crippen molar-refractivity contribution in [2.45, 2.75) is 6.18 Å². The van der Waals surface area contributed by atoms with Gasteiger partial charge in [0.1, 0.15) is 5.82 Å². The van der Waals surface area contributed by atoms with Gasteiger partial charge in [0.25, 0.3) is 5.95 Å². The molecule has 0 radical (unpaired) electrons. The molecule has 0 spiro atoms. The van der Waals surface area contributed by atoms with Gasteiger partial charge in [-0.2, -0.15) is 23.0 Å². The first kappa shape index (κ1) is 15.6. The summed E-state index contributed by atoms with van der Waals surface area (Å²) in [7, 11) is 0. The second-order valence-corrected chi connectivity index (χ2v) is 6.30. The van der Waals surface area contributed by atoms with E-state index in [1.54, 1.807) is 12.1 Å². The summed E-state index contributed by atoms with van der Waals surface area (Å²) < 4.78 is 42.4. The lowest BCUT2D eigenvalue weighted by Crippen LogP contribution is -2.09. The van der Waals surface area contributed by atoms with Crippen molar-refractivity contribution < 1.29 is 13.2 Å². The minimum absolute atomic E-state index is 0.0159. The van der Waals surface area contributed by atoms with Gasteiger partial charge in [0, 0.05) is 22.0 Å². The third kappa shape index (κ3) is 2.62. The number of hydrogen-bond acceptors (Lipinski definition) is 5. The van der Waals surface area contributed by atoms with Crippen molar-refractivity contribution >= 4 is 27.2 Å². The topological polar surface area (TPSA) is 69.6 Å². The number of aromatic nitrogens is 4. The largest absolute Gasteiger partial charge is 0.435 e. The number of benzene rings is 1. The molecular formula is C16H10F3N5S. The van der Waals surface area contributed by atoms with E-state index in [0.717, 1.165) is 14.8 Å². The smallest absolute Gasteiger partial charge is 0.383 e. The maximum Gasteiger partial charge on any atom is 0.435 e. The number of halogens is 3. The first-order valence-corrected chi connectivity index (χ1v) is 7.99. The van der Waals surface area contributed by atoms with Gasteiger partial charge in [-0.05, 0) is 23.6 Å². The number of alkyl halides is 3. The lowest BCUT2D eigenvalue weighted by molar-refractivity contribution is -0.140. The van der Waals surface area contributed by atoms with E-state index in [2.05, 4.69) is 15.1 Å². The second kappa shape index (κ2) is 5.55. The Morgan fingerprint density at radius 3 is 2.44 bits per heavy atom. The molecule has 0 amide bonds. The molecule has 3 aromatic heterocycles. The quantitative estimate of drug-likeness (QED) is 0.582. The van der Waals surface area contributed by atoms with Gasteiger partial charge in [0.2, 0.25) is 0 Å². The number of anilines is 1. The SMILES string of the molecule is Nc1c(-c2cc3ccccc3s2)c(C(F)(F)F)nn1-c1ncccn1. The fourth-order valence-electron chi connectivity index (χ4n) is 2.53. The van der Waals surface area contributed by atoms with Gasteiger partial charge in [-0.1, -0.05) is 18.2 Å². The molecule has 0 unspecified atom stereocenters. The molecule has 0 aliphatic rings. The Kier molecular flexibility index (Phi) is 3.46. The number of nitrogen functional groups attached to an aromatic ring is 1. The standard InChI is InChI=1S/C16H10F3N5S/c17-16(18,19)13-12(11-8-9-4-1-2-5-10(9)25-11)14(20)24(23-13)15-21-6-3-7-22-15/h1-8H,20H2. The number of thiophene rings is 1. The molecule has 9 heteroatoms. The summed E-state index contributed by atoms with van der Waals surface area (Å²) in [4.78, 5) is 8.25. The van der Waals surface area contributed by atoms with Gasteiger partial charge in [0.15, 0.2) is 5.69 Å². The monoisotopic (exact) mass is 361 g/mol. The molecule has 0 bridgehead atoms. The summed E-state index contributed by atoms with van der Waals surface area (Å²) in [5.41, 5.74) is 4.81. The number of nitrogens with zero attached hydrogens (tertiary/aromatic N) is 4. The van der Waals surface area contributed by atoms with Gasteiger partial charge in [-0.25, -0.2) is 9.97 Å². The Balaban J connectivity index is 1.98. The predicted octanol–water partition coefficient (Wildman–Crippen LogP) is 4.15. The van der Waals surface area contributed by atoms with Crippen LogP contribution in [-0.2, 0) is 6.18 Å². The Hall–Kier alpha value is -2.94. The van der Waals surface area contributed by atoms with Crippen molar-refractivity contribution in [3.8, 4) is 16.4 Å². The fourth-order valence-corrected chi connectivity index (χ4v) is 3.65. The Morgan fingerprint density at radius 2 is 1.76 bits per heavy atom. The number of fused-ring (bicyclic) bond motifs is 1. The first-order valence-electron chi connectivity index (χ1n) is 7.17. The summed E-state index contributed by atoms with van der Waals surface area (Å²) >= 11 is 1.23. The average Bonchev–Trinajstić information content (AvgIpc) is 3.15. The molecule has 1 aromatic carbocycles. The molecule has 0 fully saturated rings. The van der Waals surface area contributed by atoms with Crippen LogP contribution in [0.15, 0.2) is 48.8 Å². The zero-order valence-electron chi connectivity index (χ0n) is 12.5. The van der Waals surface area contributed by atoms with E-state index in [1.807, 2.05) is 24.3 Å². The van der Waals surface area contributed by atoms with Crippen LogP contribution in [0.3, 0.4) is 0 Å². The van der Waals surface area contributed by atoms with Crippen LogP contribution in [0, 0.1) is 0 Å². The molecule has 4 rings (SSSR count). The summed E-state index contributed by atoms with van der Waals surface area (Å²) in [5.74, 6) is -0.164. The van der Waals surface area contributed by atoms with E-state index in [4.69, 9.17) is 5.73 Å². The molecule has 126 valence electrons. The third-order valence-electron chi connectivity index (χ3n) is 3.60. The van der Waals surface area contributed by atoms with E-state index < -0.39 is 11.9 Å². The zero-order valence-corrected chi connectivity index (χ0v) is 13.3. The maximum atomic E-state index is 13.5.